The van der Waals surface area contributed by atoms with Gasteiger partial charge in [0.05, 0.1) is 12.7 Å². The second-order valence-electron chi connectivity index (χ2n) is 6.61. The van der Waals surface area contributed by atoms with Gasteiger partial charge in [0.1, 0.15) is 0 Å². The summed E-state index contributed by atoms with van der Waals surface area (Å²) in [5.74, 6) is -0.506. The molecule has 0 aromatic heterocycles. The average Bonchev–Trinajstić information content (AvgIpc) is 3.01. The number of para-hydroxylation sites is 1. The Morgan fingerprint density at radius 2 is 1.93 bits per heavy atom. The lowest BCUT2D eigenvalue weighted by atomic mass is 10.1. The predicted molar refractivity (Wildman–Crippen MR) is 107 cm³/mol. The standard InChI is InChI=1S/C22H24N2O3/c1-16-15-19-5-3-4-6-20(19)24(16)14-13-23-21(25)12-9-17-7-10-18(11-8-17)22(26)27-2/h3-12,16H,13-15H2,1-2H3,(H,23,25)/b12-9+. The number of anilines is 1. The molecule has 5 nitrogen and oxygen atoms in total. The van der Waals surface area contributed by atoms with Crippen molar-refractivity contribution in [1.82, 2.24) is 5.32 Å². The lowest BCUT2D eigenvalue weighted by Gasteiger charge is -2.24. The van der Waals surface area contributed by atoms with E-state index in [1.165, 1.54) is 24.4 Å². The molecule has 2 aromatic carbocycles. The first-order valence-corrected chi connectivity index (χ1v) is 9.07. The first-order valence-electron chi connectivity index (χ1n) is 9.07. The summed E-state index contributed by atoms with van der Waals surface area (Å²) in [6.45, 7) is 3.58. The Morgan fingerprint density at radius 3 is 2.67 bits per heavy atom. The van der Waals surface area contributed by atoms with Crippen molar-refractivity contribution in [2.75, 3.05) is 25.1 Å². The van der Waals surface area contributed by atoms with Gasteiger partial charge in [-0.15, -0.1) is 0 Å². The number of nitrogens with zero attached hydrogens (tertiary/aromatic N) is 1. The van der Waals surface area contributed by atoms with Gasteiger partial charge in [0.25, 0.3) is 0 Å². The number of ether oxygens (including phenoxy) is 1. The molecule has 1 aliphatic rings. The van der Waals surface area contributed by atoms with Crippen molar-refractivity contribution in [1.29, 1.82) is 0 Å². The summed E-state index contributed by atoms with van der Waals surface area (Å²) in [6, 6.07) is 15.8. The van der Waals surface area contributed by atoms with E-state index in [0.717, 1.165) is 18.5 Å². The van der Waals surface area contributed by atoms with Gasteiger partial charge in [-0.3, -0.25) is 4.79 Å². The fourth-order valence-electron chi connectivity index (χ4n) is 3.35. The summed E-state index contributed by atoms with van der Waals surface area (Å²) >= 11 is 0. The van der Waals surface area contributed by atoms with Crippen molar-refractivity contribution in [3.8, 4) is 0 Å². The number of nitrogens with one attached hydrogen (secondary N) is 1. The van der Waals surface area contributed by atoms with E-state index in [-0.39, 0.29) is 11.9 Å². The van der Waals surface area contributed by atoms with E-state index in [1.54, 1.807) is 30.3 Å². The van der Waals surface area contributed by atoms with Crippen LogP contribution in [0.1, 0.15) is 28.4 Å². The van der Waals surface area contributed by atoms with E-state index in [0.29, 0.717) is 18.2 Å². The minimum atomic E-state index is -0.374. The highest BCUT2D eigenvalue weighted by atomic mass is 16.5. The molecule has 5 heteroatoms. The molecule has 1 amide bonds. The number of carbonyl (C=O) groups is 2. The molecule has 1 aliphatic heterocycles. The predicted octanol–water partition coefficient (Wildman–Crippen LogP) is 3.05. The fourth-order valence-corrected chi connectivity index (χ4v) is 3.35. The first kappa shape index (κ1) is 18.7. The molecule has 0 saturated carbocycles. The van der Waals surface area contributed by atoms with Gasteiger partial charge in [-0.1, -0.05) is 30.3 Å². The van der Waals surface area contributed by atoms with Crippen molar-refractivity contribution in [2.45, 2.75) is 19.4 Å². The zero-order chi connectivity index (χ0) is 19.2. The maximum Gasteiger partial charge on any atom is 0.337 e. The van der Waals surface area contributed by atoms with Gasteiger partial charge in [-0.2, -0.15) is 0 Å². The van der Waals surface area contributed by atoms with Gasteiger partial charge in [0, 0.05) is 30.9 Å². The minimum absolute atomic E-state index is 0.132. The smallest absolute Gasteiger partial charge is 0.337 e. The molecule has 0 aliphatic carbocycles. The number of hydrogen-bond donors (Lipinski definition) is 1. The number of fused-ring (bicyclic) bond motifs is 1. The summed E-state index contributed by atoms with van der Waals surface area (Å²) < 4.78 is 4.67. The van der Waals surface area contributed by atoms with E-state index in [2.05, 4.69) is 46.1 Å². The van der Waals surface area contributed by atoms with Crippen molar-refractivity contribution in [2.24, 2.45) is 0 Å². The van der Waals surface area contributed by atoms with E-state index >= 15 is 0 Å². The van der Waals surface area contributed by atoms with Crippen LogP contribution < -0.4 is 10.2 Å². The van der Waals surface area contributed by atoms with Gasteiger partial charge in [-0.25, -0.2) is 4.79 Å². The minimum Gasteiger partial charge on any atom is -0.465 e. The molecule has 1 N–H and O–H groups in total. The number of esters is 1. The Labute approximate surface area is 159 Å². The van der Waals surface area contributed by atoms with Gasteiger partial charge >= 0.3 is 5.97 Å². The van der Waals surface area contributed by atoms with Gasteiger partial charge in [0.2, 0.25) is 5.91 Å². The zero-order valence-electron chi connectivity index (χ0n) is 15.6. The second-order valence-corrected chi connectivity index (χ2v) is 6.61. The lowest BCUT2D eigenvalue weighted by molar-refractivity contribution is -0.116. The zero-order valence-corrected chi connectivity index (χ0v) is 15.6. The summed E-state index contributed by atoms with van der Waals surface area (Å²) in [4.78, 5) is 25.8. The molecule has 0 bridgehead atoms. The SMILES string of the molecule is COC(=O)c1ccc(/C=C/C(=O)NCCN2c3ccccc3CC2C)cc1. The number of carbonyl (C=O) groups excluding carboxylic acids is 2. The number of amides is 1. The van der Waals surface area contributed by atoms with Crippen LogP contribution in [0.4, 0.5) is 5.69 Å². The average molecular weight is 364 g/mol. The molecular formula is C22H24N2O3. The quantitative estimate of drug-likeness (QED) is 0.632. The van der Waals surface area contributed by atoms with Crippen molar-refractivity contribution < 1.29 is 14.3 Å². The summed E-state index contributed by atoms with van der Waals surface area (Å²) in [7, 11) is 1.35. The highest BCUT2D eigenvalue weighted by Gasteiger charge is 2.24. The van der Waals surface area contributed by atoms with Crippen LogP contribution in [0.5, 0.6) is 0 Å². The van der Waals surface area contributed by atoms with Crippen LogP contribution in [0.25, 0.3) is 6.08 Å². The molecule has 1 atom stereocenters. The highest BCUT2D eigenvalue weighted by molar-refractivity contribution is 5.92. The first-order chi connectivity index (χ1) is 13.1. The van der Waals surface area contributed by atoms with E-state index < -0.39 is 0 Å². The normalized spacial score (nSPS) is 15.6. The number of hydrogen-bond acceptors (Lipinski definition) is 4. The van der Waals surface area contributed by atoms with Gasteiger partial charge < -0.3 is 15.0 Å². The number of rotatable bonds is 6. The maximum absolute atomic E-state index is 12.0. The third-order valence-electron chi connectivity index (χ3n) is 4.76. The Hall–Kier alpha value is -3.08. The Kier molecular flexibility index (Phi) is 5.91. The molecule has 0 radical (unpaired) electrons. The molecule has 140 valence electrons. The van der Waals surface area contributed by atoms with Gasteiger partial charge in [0.15, 0.2) is 0 Å². The summed E-state index contributed by atoms with van der Waals surface area (Å²) in [5.41, 5.74) is 3.96. The Bertz CT molecular complexity index is 843. The van der Waals surface area contributed by atoms with Crippen molar-refractivity contribution >= 4 is 23.6 Å². The Morgan fingerprint density at radius 1 is 1.19 bits per heavy atom. The topological polar surface area (TPSA) is 58.6 Å². The van der Waals surface area contributed by atoms with Crippen molar-refractivity contribution in [3.05, 3.63) is 71.3 Å². The third kappa shape index (κ3) is 4.56. The van der Waals surface area contributed by atoms with E-state index in [1.807, 2.05) is 0 Å². The molecule has 0 saturated heterocycles. The number of benzene rings is 2. The molecule has 3 rings (SSSR count). The Balaban J connectivity index is 1.49. The summed E-state index contributed by atoms with van der Waals surface area (Å²) in [5, 5.41) is 2.93. The van der Waals surface area contributed by atoms with E-state index in [4.69, 9.17) is 0 Å². The molecule has 27 heavy (non-hydrogen) atoms. The largest absolute Gasteiger partial charge is 0.465 e. The molecule has 0 fully saturated rings. The van der Waals surface area contributed by atoms with Gasteiger partial charge in [-0.05, 0) is 48.7 Å². The monoisotopic (exact) mass is 364 g/mol. The van der Waals surface area contributed by atoms with Crippen LogP contribution in [0, 0.1) is 0 Å². The van der Waals surface area contributed by atoms with Crippen LogP contribution in [0.2, 0.25) is 0 Å². The van der Waals surface area contributed by atoms with Crippen LogP contribution in [0.3, 0.4) is 0 Å². The molecular weight excluding hydrogens is 340 g/mol. The molecule has 1 unspecified atom stereocenters. The van der Waals surface area contributed by atoms with Crippen LogP contribution in [-0.4, -0.2) is 38.1 Å². The fraction of sp³-hybridized carbons (Fsp3) is 0.273. The van der Waals surface area contributed by atoms with Crippen LogP contribution in [0.15, 0.2) is 54.6 Å². The molecule has 1 heterocycles. The third-order valence-corrected chi connectivity index (χ3v) is 4.76. The maximum atomic E-state index is 12.0. The molecule has 0 spiro atoms. The number of methoxy groups -OCH3 is 1. The highest BCUT2D eigenvalue weighted by Crippen LogP contribution is 2.31. The lowest BCUT2D eigenvalue weighted by Crippen LogP contribution is -2.37. The second kappa shape index (κ2) is 8.54. The van der Waals surface area contributed by atoms with E-state index in [9.17, 15) is 9.59 Å². The van der Waals surface area contributed by atoms with Crippen LogP contribution >= 0.6 is 0 Å². The van der Waals surface area contributed by atoms with Crippen molar-refractivity contribution in [3.63, 3.8) is 0 Å². The molecule has 2 aromatic rings. The van der Waals surface area contributed by atoms with Crippen LogP contribution in [-0.2, 0) is 16.0 Å². The summed E-state index contributed by atoms with van der Waals surface area (Å²) in [6.07, 6.45) is 4.28.